The van der Waals surface area contributed by atoms with E-state index >= 15 is 0 Å². The molecule has 0 aliphatic heterocycles. The molecule has 0 saturated carbocycles. The van der Waals surface area contributed by atoms with Crippen LogP contribution in [-0.4, -0.2) is 33.6 Å². The van der Waals surface area contributed by atoms with Crippen LogP contribution in [0.3, 0.4) is 0 Å². The van der Waals surface area contributed by atoms with Crippen LogP contribution in [0.1, 0.15) is 27.7 Å². The molecule has 1 atom stereocenters. The van der Waals surface area contributed by atoms with Crippen LogP contribution in [0.5, 0.6) is 11.5 Å². The summed E-state index contributed by atoms with van der Waals surface area (Å²) in [5.41, 5.74) is 0.174. The molecule has 0 spiro atoms. The number of ether oxygens (including phenoxy) is 2. The summed E-state index contributed by atoms with van der Waals surface area (Å²) in [4.78, 5) is 31.2. The topological polar surface area (TPSA) is 105 Å². The van der Waals surface area contributed by atoms with Crippen LogP contribution in [0, 0.1) is 5.82 Å². The molecule has 0 aliphatic carbocycles. The highest BCUT2D eigenvalue weighted by molar-refractivity contribution is 5.96. The Morgan fingerprint density at radius 1 is 1.17 bits per heavy atom. The van der Waals surface area contributed by atoms with Crippen LogP contribution in [0.15, 0.2) is 42.7 Å². The average Bonchev–Trinajstić information content (AvgIpc) is 3.12. The molecule has 158 valence electrons. The molecule has 0 radical (unpaired) electrons. The van der Waals surface area contributed by atoms with Gasteiger partial charge in [0.2, 0.25) is 5.91 Å². The number of carbonyl (C=O) groups is 2. The molecule has 2 aromatic heterocycles. The van der Waals surface area contributed by atoms with Crippen LogP contribution in [-0.2, 0) is 9.53 Å². The second kappa shape index (κ2) is 8.40. The number of anilines is 1. The number of hydrogen-bond acceptors (Lipinski definition) is 5. The molecule has 30 heavy (non-hydrogen) atoms. The highest BCUT2D eigenvalue weighted by Crippen LogP contribution is 2.31. The van der Waals surface area contributed by atoms with Crippen molar-refractivity contribution < 1.29 is 23.5 Å². The second-order valence-electron chi connectivity index (χ2n) is 7.65. The molecule has 8 nitrogen and oxygen atoms in total. The quantitative estimate of drug-likeness (QED) is 0.576. The molecule has 0 fully saturated rings. The summed E-state index contributed by atoms with van der Waals surface area (Å²) >= 11 is 0. The number of halogens is 1. The summed E-state index contributed by atoms with van der Waals surface area (Å²) in [5.74, 6) is -0.716. The maximum Gasteiger partial charge on any atom is 0.408 e. The van der Waals surface area contributed by atoms with Gasteiger partial charge >= 0.3 is 6.09 Å². The third kappa shape index (κ3) is 5.25. The van der Waals surface area contributed by atoms with Crippen molar-refractivity contribution in [3.8, 4) is 11.5 Å². The normalized spacial score (nSPS) is 12.3. The number of aromatic amines is 1. The number of carbonyl (C=O) groups excluding carboxylic acids is 2. The van der Waals surface area contributed by atoms with Gasteiger partial charge in [0.1, 0.15) is 23.0 Å². The number of fused-ring (bicyclic) bond motifs is 1. The van der Waals surface area contributed by atoms with E-state index in [1.54, 1.807) is 45.3 Å². The smallest absolute Gasteiger partial charge is 0.408 e. The molecule has 1 aromatic carbocycles. The molecule has 2 heterocycles. The highest BCUT2D eigenvalue weighted by atomic mass is 19.1. The van der Waals surface area contributed by atoms with E-state index in [9.17, 15) is 14.0 Å². The lowest BCUT2D eigenvalue weighted by Gasteiger charge is -2.21. The Hall–Kier alpha value is -3.62. The minimum Gasteiger partial charge on any atom is -0.453 e. The van der Waals surface area contributed by atoms with Crippen molar-refractivity contribution in [2.75, 3.05) is 5.32 Å². The summed E-state index contributed by atoms with van der Waals surface area (Å²) in [6, 6.07) is 6.60. The third-order valence-electron chi connectivity index (χ3n) is 3.97. The van der Waals surface area contributed by atoms with Crippen molar-refractivity contribution in [3.05, 3.63) is 48.5 Å². The van der Waals surface area contributed by atoms with Gasteiger partial charge in [0, 0.05) is 24.1 Å². The van der Waals surface area contributed by atoms with Crippen LogP contribution >= 0.6 is 0 Å². The van der Waals surface area contributed by atoms with E-state index < -0.39 is 29.5 Å². The Morgan fingerprint density at radius 3 is 2.63 bits per heavy atom. The molecule has 3 N–H and O–H groups in total. The summed E-state index contributed by atoms with van der Waals surface area (Å²) in [5, 5.41) is 5.70. The number of amides is 2. The lowest BCUT2D eigenvalue weighted by molar-refractivity contribution is -0.117. The van der Waals surface area contributed by atoms with Crippen molar-refractivity contribution in [2.45, 2.75) is 39.3 Å². The first-order chi connectivity index (χ1) is 14.1. The fraction of sp³-hybridized carbons (Fsp3) is 0.286. The van der Waals surface area contributed by atoms with E-state index in [1.807, 2.05) is 0 Å². The summed E-state index contributed by atoms with van der Waals surface area (Å²) in [7, 11) is 0. The molecule has 3 aromatic rings. The van der Waals surface area contributed by atoms with Crippen LogP contribution in [0.25, 0.3) is 11.0 Å². The van der Waals surface area contributed by atoms with Gasteiger partial charge in [-0.3, -0.25) is 4.79 Å². The minimum absolute atomic E-state index is 0.00151. The summed E-state index contributed by atoms with van der Waals surface area (Å²) in [6.07, 6.45) is 2.56. The minimum atomic E-state index is -0.877. The maximum atomic E-state index is 14.5. The molecule has 1 unspecified atom stereocenters. The SMILES string of the molecule is CC(NC(=O)OC(C)(C)C)C(=O)Nc1ccc(Oc2ccnc3[nH]ccc23)c(F)c1. The molecular weight excluding hydrogens is 391 g/mol. The van der Waals surface area contributed by atoms with Crippen molar-refractivity contribution in [1.29, 1.82) is 0 Å². The Bertz CT molecular complexity index is 1070. The van der Waals surface area contributed by atoms with Crippen LogP contribution in [0.2, 0.25) is 0 Å². The van der Waals surface area contributed by atoms with Gasteiger partial charge in [-0.2, -0.15) is 0 Å². The van der Waals surface area contributed by atoms with Crippen molar-refractivity contribution in [1.82, 2.24) is 15.3 Å². The lowest BCUT2D eigenvalue weighted by atomic mass is 10.2. The third-order valence-corrected chi connectivity index (χ3v) is 3.97. The number of alkyl carbamates (subject to hydrolysis) is 1. The van der Waals surface area contributed by atoms with Crippen LogP contribution in [0.4, 0.5) is 14.9 Å². The Labute approximate surface area is 172 Å². The predicted molar refractivity (Wildman–Crippen MR) is 110 cm³/mol. The van der Waals surface area contributed by atoms with Gasteiger partial charge in [-0.1, -0.05) is 0 Å². The standard InChI is InChI=1S/C21H23FN4O4/c1-12(25-20(28)30-21(2,3)4)19(27)26-13-5-6-17(15(22)11-13)29-16-8-10-24-18-14(16)7-9-23-18/h5-12H,1-4H3,(H,23,24)(H,25,28)(H,26,27). The molecular formula is C21H23FN4O4. The molecule has 0 saturated heterocycles. The zero-order chi connectivity index (χ0) is 21.9. The number of aromatic nitrogens is 2. The first-order valence-corrected chi connectivity index (χ1v) is 9.32. The lowest BCUT2D eigenvalue weighted by Crippen LogP contribution is -2.43. The van der Waals surface area contributed by atoms with E-state index in [1.165, 1.54) is 19.1 Å². The Kier molecular flexibility index (Phi) is 5.91. The van der Waals surface area contributed by atoms with Gasteiger partial charge in [-0.15, -0.1) is 0 Å². The Balaban J connectivity index is 1.64. The summed E-state index contributed by atoms with van der Waals surface area (Å²) in [6.45, 7) is 6.66. The summed E-state index contributed by atoms with van der Waals surface area (Å²) < 4.78 is 25.3. The van der Waals surface area contributed by atoms with Crippen LogP contribution < -0.4 is 15.4 Å². The number of benzene rings is 1. The predicted octanol–water partition coefficient (Wildman–Crippen LogP) is 4.35. The monoisotopic (exact) mass is 414 g/mol. The second-order valence-corrected chi connectivity index (χ2v) is 7.65. The zero-order valence-corrected chi connectivity index (χ0v) is 17.1. The first-order valence-electron chi connectivity index (χ1n) is 9.32. The Morgan fingerprint density at radius 2 is 1.93 bits per heavy atom. The van der Waals surface area contributed by atoms with Crippen molar-refractivity contribution in [2.24, 2.45) is 0 Å². The first kappa shape index (κ1) is 21.1. The fourth-order valence-corrected chi connectivity index (χ4v) is 2.60. The average molecular weight is 414 g/mol. The molecule has 2 amide bonds. The highest BCUT2D eigenvalue weighted by Gasteiger charge is 2.21. The number of nitrogens with one attached hydrogen (secondary N) is 3. The van der Waals surface area contributed by atoms with E-state index in [0.717, 1.165) is 11.5 Å². The zero-order valence-electron chi connectivity index (χ0n) is 17.1. The molecule has 3 rings (SSSR count). The molecule has 0 aliphatic rings. The number of rotatable bonds is 5. The van der Waals surface area contributed by atoms with E-state index in [0.29, 0.717) is 11.4 Å². The molecule has 9 heteroatoms. The van der Waals surface area contributed by atoms with Gasteiger partial charge in [0.25, 0.3) is 0 Å². The number of hydrogen-bond donors (Lipinski definition) is 3. The van der Waals surface area contributed by atoms with Crippen molar-refractivity contribution >= 4 is 28.7 Å². The van der Waals surface area contributed by atoms with Gasteiger partial charge in [0.15, 0.2) is 11.6 Å². The fourth-order valence-electron chi connectivity index (χ4n) is 2.60. The number of pyridine rings is 1. The van der Waals surface area contributed by atoms with Gasteiger partial charge in [0.05, 0.1) is 5.39 Å². The number of nitrogens with zero attached hydrogens (tertiary/aromatic N) is 1. The number of H-pyrrole nitrogens is 1. The van der Waals surface area contributed by atoms with Crippen molar-refractivity contribution in [3.63, 3.8) is 0 Å². The maximum absolute atomic E-state index is 14.5. The molecule has 0 bridgehead atoms. The largest absolute Gasteiger partial charge is 0.453 e. The van der Waals surface area contributed by atoms with Gasteiger partial charge in [-0.25, -0.2) is 14.2 Å². The van der Waals surface area contributed by atoms with E-state index in [-0.39, 0.29) is 11.4 Å². The van der Waals surface area contributed by atoms with E-state index in [2.05, 4.69) is 20.6 Å². The van der Waals surface area contributed by atoms with E-state index in [4.69, 9.17) is 9.47 Å². The van der Waals surface area contributed by atoms with Gasteiger partial charge < -0.3 is 25.1 Å². The van der Waals surface area contributed by atoms with Gasteiger partial charge in [-0.05, 0) is 52.0 Å².